The van der Waals surface area contributed by atoms with Gasteiger partial charge in [0.25, 0.3) is 6.69 Å². The molecule has 76 valence electrons. The Kier molecular flexibility index (Phi) is 5.68. The fourth-order valence-corrected chi connectivity index (χ4v) is 1.49. The molecule has 0 heterocycles. The topological polar surface area (TPSA) is 26.3 Å². The Morgan fingerprint density at radius 3 is 2.46 bits per heavy atom. The first-order chi connectivity index (χ1) is 5.87. The molecule has 0 aromatic carbocycles. The molecule has 0 atom stereocenters. The molecule has 0 radical (unpaired) electrons. The van der Waals surface area contributed by atoms with Gasteiger partial charge in [0.15, 0.2) is 0 Å². The van der Waals surface area contributed by atoms with Gasteiger partial charge in [0.05, 0.1) is 6.61 Å². The van der Waals surface area contributed by atoms with Crippen molar-refractivity contribution < 1.29 is 9.53 Å². The second-order valence-corrected chi connectivity index (χ2v) is 11.1. The van der Waals surface area contributed by atoms with E-state index in [9.17, 15) is 4.79 Å². The van der Waals surface area contributed by atoms with Crippen LogP contribution in [0.1, 0.15) is 13.3 Å². The first-order valence-corrected chi connectivity index (χ1v) is 8.82. The summed E-state index contributed by atoms with van der Waals surface area (Å²) in [4.78, 5) is 11.1. The molecule has 0 aliphatic rings. The molecule has 0 rings (SSSR count). The molecule has 0 unspecified atom stereocenters. The molecule has 0 amide bonds. The normalized spacial score (nSPS) is 11.1. The zero-order valence-electron chi connectivity index (χ0n) is 7.90. The van der Waals surface area contributed by atoms with E-state index in [1.54, 1.807) is 6.55 Å². The highest BCUT2D eigenvalue weighted by molar-refractivity contribution is 7.44. The lowest BCUT2D eigenvalue weighted by Gasteiger charge is -2.10. The standard InChI is InChI=1S/C8H14Cl2O2Si/c1-4-7(2)8(11)12-5-6-13(3,9)10/h2,4-6H2,1,3H3. The maximum absolute atomic E-state index is 11.1. The summed E-state index contributed by atoms with van der Waals surface area (Å²) in [5.74, 6) is -0.353. The van der Waals surface area contributed by atoms with E-state index in [0.717, 1.165) is 0 Å². The number of ether oxygens (including phenoxy) is 1. The molecular formula is C8H14Cl2O2Si. The van der Waals surface area contributed by atoms with Gasteiger partial charge in [-0.25, -0.2) is 4.79 Å². The molecule has 0 bridgehead atoms. The number of hydrogen-bond acceptors (Lipinski definition) is 2. The zero-order chi connectivity index (χ0) is 10.5. The van der Waals surface area contributed by atoms with E-state index in [-0.39, 0.29) is 12.6 Å². The van der Waals surface area contributed by atoms with Crippen molar-refractivity contribution >= 4 is 34.8 Å². The Labute approximate surface area is 89.3 Å². The van der Waals surface area contributed by atoms with Crippen LogP contribution in [0.2, 0.25) is 12.6 Å². The molecule has 0 saturated carbocycles. The third kappa shape index (κ3) is 7.11. The van der Waals surface area contributed by atoms with Gasteiger partial charge in [0.2, 0.25) is 0 Å². The Bertz CT molecular complexity index is 199. The first kappa shape index (κ1) is 13.0. The van der Waals surface area contributed by atoms with E-state index >= 15 is 0 Å². The number of rotatable bonds is 5. The Balaban J connectivity index is 3.66. The van der Waals surface area contributed by atoms with Gasteiger partial charge < -0.3 is 4.74 Å². The molecular weight excluding hydrogens is 227 g/mol. The molecule has 0 spiro atoms. The average molecular weight is 241 g/mol. The molecule has 0 N–H and O–H groups in total. The molecule has 0 aliphatic carbocycles. The van der Waals surface area contributed by atoms with E-state index in [1.165, 1.54) is 0 Å². The molecule has 0 fully saturated rings. The molecule has 5 heteroatoms. The van der Waals surface area contributed by atoms with Crippen molar-refractivity contribution in [2.24, 2.45) is 0 Å². The maximum Gasteiger partial charge on any atom is 0.333 e. The average Bonchev–Trinajstić information content (AvgIpc) is 2.00. The lowest BCUT2D eigenvalue weighted by Crippen LogP contribution is -2.18. The summed E-state index contributed by atoms with van der Waals surface area (Å²) in [6.07, 6.45) is 0.606. The smallest absolute Gasteiger partial charge is 0.333 e. The van der Waals surface area contributed by atoms with E-state index < -0.39 is 6.69 Å². The predicted octanol–water partition coefficient (Wildman–Crippen LogP) is 3.05. The van der Waals surface area contributed by atoms with Crippen LogP contribution in [0.3, 0.4) is 0 Å². The lowest BCUT2D eigenvalue weighted by atomic mass is 10.2. The van der Waals surface area contributed by atoms with E-state index in [0.29, 0.717) is 18.0 Å². The van der Waals surface area contributed by atoms with Crippen molar-refractivity contribution in [2.75, 3.05) is 6.61 Å². The minimum absolute atomic E-state index is 0.285. The van der Waals surface area contributed by atoms with Gasteiger partial charge >= 0.3 is 5.97 Å². The summed E-state index contributed by atoms with van der Waals surface area (Å²) in [6.45, 7) is 5.36. The van der Waals surface area contributed by atoms with Crippen LogP contribution in [-0.2, 0) is 9.53 Å². The van der Waals surface area contributed by atoms with Crippen LogP contribution in [0.5, 0.6) is 0 Å². The van der Waals surface area contributed by atoms with Gasteiger partial charge in [-0.3, -0.25) is 0 Å². The molecule has 0 aliphatic heterocycles. The Hall–Kier alpha value is 0.00688. The van der Waals surface area contributed by atoms with Crippen LogP contribution in [0.15, 0.2) is 12.2 Å². The summed E-state index contributed by atoms with van der Waals surface area (Å²) < 4.78 is 4.90. The van der Waals surface area contributed by atoms with E-state index in [2.05, 4.69) is 6.58 Å². The van der Waals surface area contributed by atoms with E-state index in [1.807, 2.05) is 6.92 Å². The number of carbonyl (C=O) groups excluding carboxylic acids is 1. The third-order valence-electron chi connectivity index (χ3n) is 1.49. The zero-order valence-corrected chi connectivity index (χ0v) is 10.4. The van der Waals surface area contributed by atoms with E-state index in [4.69, 9.17) is 26.9 Å². The lowest BCUT2D eigenvalue weighted by molar-refractivity contribution is -0.138. The Morgan fingerprint density at radius 2 is 2.08 bits per heavy atom. The van der Waals surface area contributed by atoms with Gasteiger partial charge in [-0.05, 0) is 13.0 Å². The van der Waals surface area contributed by atoms with Crippen molar-refractivity contribution in [2.45, 2.75) is 25.9 Å². The van der Waals surface area contributed by atoms with Crippen molar-refractivity contribution in [1.29, 1.82) is 0 Å². The highest BCUT2D eigenvalue weighted by Crippen LogP contribution is 2.19. The van der Waals surface area contributed by atoms with Crippen LogP contribution in [0.4, 0.5) is 0 Å². The summed E-state index contributed by atoms with van der Waals surface area (Å²) in [5.41, 5.74) is 0.479. The van der Waals surface area contributed by atoms with Gasteiger partial charge in [-0.15, -0.1) is 22.2 Å². The van der Waals surface area contributed by atoms with Crippen molar-refractivity contribution in [3.8, 4) is 0 Å². The number of halogens is 2. The summed E-state index contributed by atoms with van der Waals surface area (Å²) in [6, 6.07) is 0.554. The molecule has 0 aromatic rings. The van der Waals surface area contributed by atoms with Gasteiger partial charge in [-0.1, -0.05) is 13.5 Å². The Morgan fingerprint density at radius 1 is 1.54 bits per heavy atom. The van der Waals surface area contributed by atoms with Crippen LogP contribution < -0.4 is 0 Å². The van der Waals surface area contributed by atoms with Crippen molar-refractivity contribution in [1.82, 2.24) is 0 Å². The van der Waals surface area contributed by atoms with Gasteiger partial charge in [-0.2, -0.15) is 0 Å². The predicted molar refractivity (Wildman–Crippen MR) is 58.5 cm³/mol. The molecule has 0 aromatic heterocycles. The van der Waals surface area contributed by atoms with Gasteiger partial charge in [0.1, 0.15) is 0 Å². The second-order valence-electron chi connectivity index (χ2n) is 2.91. The summed E-state index contributed by atoms with van der Waals surface area (Å²) >= 11 is 11.6. The third-order valence-corrected chi connectivity index (χ3v) is 3.71. The minimum atomic E-state index is -2.13. The minimum Gasteiger partial charge on any atom is -0.463 e. The van der Waals surface area contributed by atoms with Crippen LogP contribution in [0, 0.1) is 0 Å². The largest absolute Gasteiger partial charge is 0.463 e. The molecule has 13 heavy (non-hydrogen) atoms. The number of carbonyl (C=O) groups is 1. The summed E-state index contributed by atoms with van der Waals surface area (Å²) in [7, 11) is 0. The highest BCUT2D eigenvalue weighted by atomic mass is 35.7. The van der Waals surface area contributed by atoms with Crippen molar-refractivity contribution in [3.05, 3.63) is 12.2 Å². The number of hydrogen-bond donors (Lipinski definition) is 0. The van der Waals surface area contributed by atoms with Gasteiger partial charge in [0, 0.05) is 11.6 Å². The second kappa shape index (κ2) is 5.68. The molecule has 2 nitrogen and oxygen atoms in total. The first-order valence-electron chi connectivity index (χ1n) is 4.09. The monoisotopic (exact) mass is 240 g/mol. The van der Waals surface area contributed by atoms with Crippen LogP contribution >= 0.6 is 22.2 Å². The fourth-order valence-electron chi connectivity index (χ4n) is 0.569. The highest BCUT2D eigenvalue weighted by Gasteiger charge is 2.21. The van der Waals surface area contributed by atoms with Crippen molar-refractivity contribution in [3.63, 3.8) is 0 Å². The van der Waals surface area contributed by atoms with Crippen LogP contribution in [-0.4, -0.2) is 19.3 Å². The molecule has 0 saturated heterocycles. The number of esters is 1. The van der Waals surface area contributed by atoms with Crippen LogP contribution in [0.25, 0.3) is 0 Å². The maximum atomic E-state index is 11.1. The fraction of sp³-hybridized carbons (Fsp3) is 0.625. The summed E-state index contributed by atoms with van der Waals surface area (Å²) in [5, 5.41) is 0. The quantitative estimate of drug-likeness (QED) is 0.320. The SMILES string of the molecule is C=C(CC)C(=O)OCC[Si](C)(Cl)Cl.